The Labute approximate surface area is 136 Å². The molecule has 0 saturated carbocycles. The summed E-state index contributed by atoms with van der Waals surface area (Å²) in [6, 6.07) is 12.8. The van der Waals surface area contributed by atoms with E-state index >= 15 is 0 Å². The van der Waals surface area contributed by atoms with E-state index in [4.69, 9.17) is 23.2 Å². The Bertz CT molecular complexity index is 594. The Morgan fingerprint density at radius 2 is 1.65 bits per heavy atom. The van der Waals surface area contributed by atoms with Gasteiger partial charge >= 0.3 is 0 Å². The molecule has 20 heavy (non-hydrogen) atoms. The minimum absolute atomic E-state index is 0.0664. The minimum atomic E-state index is -0.0664. The lowest BCUT2D eigenvalue weighted by Crippen LogP contribution is -2.12. The Balaban J connectivity index is 1.94. The Morgan fingerprint density at radius 3 is 2.25 bits per heavy atom. The molecule has 0 aliphatic carbocycles. The number of halogens is 3. The Kier molecular flexibility index (Phi) is 5.46. The maximum Gasteiger partial charge on any atom is 0.224 e. The number of anilines is 1. The van der Waals surface area contributed by atoms with E-state index in [0.29, 0.717) is 22.9 Å². The van der Waals surface area contributed by atoms with Crippen molar-refractivity contribution in [2.75, 3.05) is 5.32 Å². The first-order valence-corrected chi connectivity index (χ1v) is 7.59. The predicted octanol–water partition coefficient (Wildman–Crippen LogP) is 5.33. The van der Waals surface area contributed by atoms with Gasteiger partial charge in [0, 0.05) is 26.6 Å². The van der Waals surface area contributed by atoms with Crippen LogP contribution in [0.15, 0.2) is 46.9 Å². The summed E-state index contributed by atoms with van der Waals surface area (Å²) in [4.78, 5) is 11.9. The van der Waals surface area contributed by atoms with Crippen molar-refractivity contribution >= 4 is 50.7 Å². The molecule has 104 valence electrons. The van der Waals surface area contributed by atoms with Gasteiger partial charge in [-0.15, -0.1) is 0 Å². The second-order valence-corrected chi connectivity index (χ2v) is 5.99. The van der Waals surface area contributed by atoms with Gasteiger partial charge in [-0.2, -0.15) is 0 Å². The maximum atomic E-state index is 11.9. The van der Waals surface area contributed by atoms with Crippen molar-refractivity contribution in [1.82, 2.24) is 0 Å². The molecule has 2 nitrogen and oxygen atoms in total. The number of hydrogen-bond donors (Lipinski definition) is 1. The molecule has 0 spiro atoms. The Morgan fingerprint density at radius 1 is 1.05 bits per heavy atom. The van der Waals surface area contributed by atoms with E-state index in [9.17, 15) is 4.79 Å². The molecular formula is C15H12BrCl2NO. The fraction of sp³-hybridized carbons (Fsp3) is 0.133. The molecule has 0 saturated heterocycles. The average Bonchev–Trinajstić information content (AvgIpc) is 2.41. The van der Waals surface area contributed by atoms with Crippen molar-refractivity contribution in [3.8, 4) is 0 Å². The van der Waals surface area contributed by atoms with E-state index in [0.717, 1.165) is 15.7 Å². The van der Waals surface area contributed by atoms with E-state index in [1.54, 1.807) is 18.2 Å². The summed E-state index contributed by atoms with van der Waals surface area (Å²) < 4.78 is 0.971. The third-order valence-electron chi connectivity index (χ3n) is 2.79. The van der Waals surface area contributed by atoms with Gasteiger partial charge in [0.15, 0.2) is 0 Å². The molecule has 0 radical (unpaired) electrons. The molecule has 5 heteroatoms. The summed E-state index contributed by atoms with van der Waals surface area (Å²) >= 11 is 15.5. The van der Waals surface area contributed by atoms with Crippen LogP contribution in [-0.2, 0) is 11.2 Å². The number of rotatable bonds is 4. The van der Waals surface area contributed by atoms with Gasteiger partial charge in [0.25, 0.3) is 0 Å². The summed E-state index contributed by atoms with van der Waals surface area (Å²) in [6.45, 7) is 0. The third kappa shape index (κ3) is 4.23. The van der Waals surface area contributed by atoms with Gasteiger partial charge in [-0.25, -0.2) is 0 Å². The first-order valence-electron chi connectivity index (χ1n) is 6.04. The minimum Gasteiger partial charge on any atom is -0.326 e. The van der Waals surface area contributed by atoms with Crippen molar-refractivity contribution in [2.45, 2.75) is 12.8 Å². The highest BCUT2D eigenvalue weighted by Crippen LogP contribution is 2.25. The molecule has 0 aliphatic heterocycles. The zero-order valence-electron chi connectivity index (χ0n) is 10.5. The summed E-state index contributed by atoms with van der Waals surface area (Å²) in [5, 5.41) is 4.02. The highest BCUT2D eigenvalue weighted by molar-refractivity contribution is 9.10. The normalized spacial score (nSPS) is 10.3. The van der Waals surface area contributed by atoms with Crippen molar-refractivity contribution in [1.29, 1.82) is 0 Å². The van der Waals surface area contributed by atoms with Crippen LogP contribution in [0, 0.1) is 0 Å². The lowest BCUT2D eigenvalue weighted by Gasteiger charge is -2.08. The second kappa shape index (κ2) is 7.11. The van der Waals surface area contributed by atoms with Crippen molar-refractivity contribution < 1.29 is 4.79 Å². The molecule has 0 unspecified atom stereocenters. The van der Waals surface area contributed by atoms with Crippen molar-refractivity contribution in [3.63, 3.8) is 0 Å². The molecule has 1 amide bonds. The summed E-state index contributed by atoms with van der Waals surface area (Å²) in [5.74, 6) is -0.0664. The molecule has 0 aliphatic rings. The molecule has 2 aromatic rings. The first kappa shape index (κ1) is 15.4. The number of benzene rings is 2. The number of carbonyl (C=O) groups excluding carboxylic acids is 1. The SMILES string of the molecule is O=C(CCc1c(Cl)cccc1Cl)Nc1ccc(Br)cc1. The van der Waals surface area contributed by atoms with Crippen molar-refractivity contribution in [3.05, 3.63) is 62.5 Å². The number of hydrogen-bond acceptors (Lipinski definition) is 1. The zero-order chi connectivity index (χ0) is 14.5. The highest BCUT2D eigenvalue weighted by Gasteiger charge is 2.08. The monoisotopic (exact) mass is 371 g/mol. The fourth-order valence-electron chi connectivity index (χ4n) is 1.77. The topological polar surface area (TPSA) is 29.1 Å². The van der Waals surface area contributed by atoms with Gasteiger partial charge in [0.05, 0.1) is 0 Å². The van der Waals surface area contributed by atoms with Crippen LogP contribution in [0.3, 0.4) is 0 Å². The summed E-state index contributed by atoms with van der Waals surface area (Å²) in [7, 11) is 0. The van der Waals surface area contributed by atoms with E-state index in [2.05, 4.69) is 21.2 Å². The molecule has 0 bridgehead atoms. The van der Waals surface area contributed by atoms with Gasteiger partial charge in [-0.1, -0.05) is 45.2 Å². The van der Waals surface area contributed by atoms with Crippen molar-refractivity contribution in [2.24, 2.45) is 0 Å². The van der Waals surface area contributed by atoms with Crippen LogP contribution < -0.4 is 5.32 Å². The first-order chi connectivity index (χ1) is 9.56. The number of nitrogens with one attached hydrogen (secondary N) is 1. The third-order valence-corrected chi connectivity index (χ3v) is 4.03. The van der Waals surface area contributed by atoms with E-state index in [1.807, 2.05) is 24.3 Å². The van der Waals surface area contributed by atoms with Gasteiger partial charge in [-0.05, 0) is 48.4 Å². The van der Waals surface area contributed by atoms with E-state index in [1.165, 1.54) is 0 Å². The van der Waals surface area contributed by atoms with Gasteiger partial charge in [0.2, 0.25) is 5.91 Å². The van der Waals surface area contributed by atoms with Crippen LogP contribution in [0.5, 0.6) is 0 Å². The predicted molar refractivity (Wildman–Crippen MR) is 87.6 cm³/mol. The molecule has 0 aromatic heterocycles. The molecular weight excluding hydrogens is 361 g/mol. The van der Waals surface area contributed by atoms with E-state index < -0.39 is 0 Å². The average molecular weight is 373 g/mol. The highest BCUT2D eigenvalue weighted by atomic mass is 79.9. The van der Waals surface area contributed by atoms with Crippen LogP contribution in [-0.4, -0.2) is 5.91 Å². The molecule has 2 rings (SSSR count). The summed E-state index contributed by atoms with van der Waals surface area (Å²) in [6.07, 6.45) is 0.848. The van der Waals surface area contributed by atoms with Crippen LogP contribution in [0.1, 0.15) is 12.0 Å². The molecule has 1 N–H and O–H groups in total. The van der Waals surface area contributed by atoms with E-state index in [-0.39, 0.29) is 5.91 Å². The smallest absolute Gasteiger partial charge is 0.224 e. The van der Waals surface area contributed by atoms with Crippen LogP contribution >= 0.6 is 39.1 Å². The second-order valence-electron chi connectivity index (χ2n) is 4.26. The maximum absolute atomic E-state index is 11.9. The van der Waals surface area contributed by atoms with Gasteiger partial charge < -0.3 is 5.32 Å². The van der Waals surface area contributed by atoms with Crippen LogP contribution in [0.2, 0.25) is 10.0 Å². The Hall–Kier alpha value is -1.03. The number of carbonyl (C=O) groups is 1. The fourth-order valence-corrected chi connectivity index (χ4v) is 2.62. The number of amides is 1. The lowest BCUT2D eigenvalue weighted by molar-refractivity contribution is -0.116. The quantitative estimate of drug-likeness (QED) is 0.772. The largest absolute Gasteiger partial charge is 0.326 e. The molecule has 0 heterocycles. The van der Waals surface area contributed by atoms with Gasteiger partial charge in [-0.3, -0.25) is 4.79 Å². The zero-order valence-corrected chi connectivity index (χ0v) is 13.6. The van der Waals surface area contributed by atoms with Crippen LogP contribution in [0.4, 0.5) is 5.69 Å². The standard InChI is InChI=1S/C15H12BrCl2NO/c16-10-4-6-11(7-5-10)19-15(20)9-8-12-13(17)2-1-3-14(12)18/h1-7H,8-9H2,(H,19,20). The molecule has 2 aromatic carbocycles. The molecule has 0 atom stereocenters. The summed E-state index contributed by atoms with van der Waals surface area (Å²) in [5.41, 5.74) is 1.57. The van der Waals surface area contributed by atoms with Crippen LogP contribution in [0.25, 0.3) is 0 Å². The lowest BCUT2D eigenvalue weighted by atomic mass is 10.1. The van der Waals surface area contributed by atoms with Gasteiger partial charge in [0.1, 0.15) is 0 Å². The molecule has 0 fully saturated rings.